The summed E-state index contributed by atoms with van der Waals surface area (Å²) in [6.07, 6.45) is 5.61. The number of fused-ring (bicyclic) bond motifs is 1. The third-order valence-electron chi connectivity index (χ3n) is 4.11. The van der Waals surface area contributed by atoms with Crippen molar-refractivity contribution in [2.24, 2.45) is 17.6 Å². The Labute approximate surface area is 113 Å². The summed E-state index contributed by atoms with van der Waals surface area (Å²) >= 11 is 0. The number of likely N-dealkylation sites (tertiary alicyclic amines) is 1. The Bertz CT molecular complexity index is 426. The summed E-state index contributed by atoms with van der Waals surface area (Å²) in [7, 11) is 0. The van der Waals surface area contributed by atoms with E-state index in [1.165, 1.54) is 6.42 Å². The minimum absolute atomic E-state index is 0. The second-order valence-corrected chi connectivity index (χ2v) is 5.12. The lowest BCUT2D eigenvalue weighted by Gasteiger charge is -2.18. The zero-order valence-corrected chi connectivity index (χ0v) is 11.0. The van der Waals surface area contributed by atoms with Crippen LogP contribution in [0.1, 0.15) is 23.2 Å². The van der Waals surface area contributed by atoms with Crippen LogP contribution in [0.15, 0.2) is 24.5 Å². The smallest absolute Gasteiger partial charge is 0.255 e. The second-order valence-electron chi connectivity index (χ2n) is 5.12. The molecule has 5 heteroatoms. The molecule has 0 bridgehead atoms. The summed E-state index contributed by atoms with van der Waals surface area (Å²) < 4.78 is 0. The zero-order valence-electron chi connectivity index (χ0n) is 10.2. The van der Waals surface area contributed by atoms with Crippen molar-refractivity contribution >= 4 is 18.3 Å². The topological polar surface area (TPSA) is 59.2 Å². The summed E-state index contributed by atoms with van der Waals surface area (Å²) in [5, 5.41) is 0. The van der Waals surface area contributed by atoms with Gasteiger partial charge in [-0.2, -0.15) is 0 Å². The molecule has 3 atom stereocenters. The van der Waals surface area contributed by atoms with Gasteiger partial charge in [0.25, 0.3) is 5.91 Å². The Kier molecular flexibility index (Phi) is 3.88. The highest BCUT2D eigenvalue weighted by Gasteiger charge is 2.42. The molecule has 0 radical (unpaired) electrons. The number of rotatable bonds is 1. The van der Waals surface area contributed by atoms with Gasteiger partial charge in [-0.05, 0) is 36.8 Å². The van der Waals surface area contributed by atoms with Crippen LogP contribution in [0.25, 0.3) is 0 Å². The third kappa shape index (κ3) is 2.22. The largest absolute Gasteiger partial charge is 0.338 e. The number of halogens is 1. The van der Waals surface area contributed by atoms with E-state index in [0.29, 0.717) is 17.4 Å². The Morgan fingerprint density at radius 2 is 2.22 bits per heavy atom. The quantitative estimate of drug-likeness (QED) is 0.835. The standard InChI is InChI=1S/C13H17N3O.ClH/c14-12-4-3-10-7-16(8-11(10)12)13(17)9-2-1-5-15-6-9;/h1-2,5-6,10-12H,3-4,7-8,14H2;1H. The number of nitrogens with zero attached hydrogens (tertiary/aromatic N) is 2. The van der Waals surface area contributed by atoms with Crippen molar-refractivity contribution in [3.63, 3.8) is 0 Å². The molecule has 2 N–H and O–H groups in total. The van der Waals surface area contributed by atoms with Crippen molar-refractivity contribution in [3.05, 3.63) is 30.1 Å². The van der Waals surface area contributed by atoms with Crippen molar-refractivity contribution < 1.29 is 4.79 Å². The molecule has 0 spiro atoms. The van der Waals surface area contributed by atoms with Crippen LogP contribution in [-0.4, -0.2) is 34.9 Å². The molecule has 1 aliphatic heterocycles. The maximum atomic E-state index is 12.2. The number of hydrogen-bond donors (Lipinski definition) is 1. The first kappa shape index (κ1) is 13.3. The Hall–Kier alpha value is -1.13. The van der Waals surface area contributed by atoms with Gasteiger partial charge in [-0.3, -0.25) is 9.78 Å². The molecule has 18 heavy (non-hydrogen) atoms. The first-order valence-electron chi connectivity index (χ1n) is 6.20. The lowest BCUT2D eigenvalue weighted by atomic mass is 9.98. The fourth-order valence-corrected chi connectivity index (χ4v) is 3.15. The van der Waals surface area contributed by atoms with Gasteiger partial charge >= 0.3 is 0 Å². The molecule has 1 aromatic rings. The fourth-order valence-electron chi connectivity index (χ4n) is 3.15. The molecule has 1 aliphatic carbocycles. The fraction of sp³-hybridized carbons (Fsp3) is 0.538. The lowest BCUT2D eigenvalue weighted by Crippen LogP contribution is -2.33. The minimum Gasteiger partial charge on any atom is -0.338 e. The van der Waals surface area contributed by atoms with E-state index in [9.17, 15) is 4.79 Å². The molecule has 2 fully saturated rings. The van der Waals surface area contributed by atoms with E-state index >= 15 is 0 Å². The van der Waals surface area contributed by atoms with Crippen LogP contribution in [0.4, 0.5) is 0 Å². The van der Waals surface area contributed by atoms with Crippen molar-refractivity contribution in [2.75, 3.05) is 13.1 Å². The third-order valence-corrected chi connectivity index (χ3v) is 4.11. The highest BCUT2D eigenvalue weighted by molar-refractivity contribution is 5.94. The van der Waals surface area contributed by atoms with Crippen LogP contribution < -0.4 is 5.73 Å². The highest BCUT2D eigenvalue weighted by Crippen LogP contribution is 2.37. The number of amides is 1. The van der Waals surface area contributed by atoms with Crippen molar-refractivity contribution in [1.29, 1.82) is 0 Å². The monoisotopic (exact) mass is 267 g/mol. The van der Waals surface area contributed by atoms with Crippen LogP contribution in [0.5, 0.6) is 0 Å². The second kappa shape index (κ2) is 5.24. The maximum Gasteiger partial charge on any atom is 0.255 e. The number of aromatic nitrogens is 1. The Morgan fingerprint density at radius 3 is 2.89 bits per heavy atom. The van der Waals surface area contributed by atoms with Crippen molar-refractivity contribution in [2.45, 2.75) is 18.9 Å². The summed E-state index contributed by atoms with van der Waals surface area (Å²) in [6.45, 7) is 1.69. The molecule has 1 aromatic heterocycles. The number of pyridine rings is 1. The van der Waals surface area contributed by atoms with Crippen LogP contribution in [0.2, 0.25) is 0 Å². The van der Waals surface area contributed by atoms with E-state index < -0.39 is 0 Å². The summed E-state index contributed by atoms with van der Waals surface area (Å²) in [5.74, 6) is 1.22. The first-order valence-corrected chi connectivity index (χ1v) is 6.20. The molecule has 3 unspecified atom stereocenters. The molecule has 0 aromatic carbocycles. The maximum absolute atomic E-state index is 12.2. The van der Waals surface area contributed by atoms with Crippen LogP contribution in [0.3, 0.4) is 0 Å². The zero-order chi connectivity index (χ0) is 11.8. The molecule has 3 rings (SSSR count). The molecule has 1 saturated carbocycles. The van der Waals surface area contributed by atoms with Gasteiger partial charge in [0.05, 0.1) is 5.56 Å². The van der Waals surface area contributed by atoms with Crippen molar-refractivity contribution in [1.82, 2.24) is 9.88 Å². The van der Waals surface area contributed by atoms with E-state index in [4.69, 9.17) is 5.73 Å². The van der Waals surface area contributed by atoms with Gasteiger partial charge in [-0.1, -0.05) is 0 Å². The Morgan fingerprint density at radius 1 is 1.39 bits per heavy atom. The lowest BCUT2D eigenvalue weighted by molar-refractivity contribution is 0.0779. The van der Waals surface area contributed by atoms with Gasteiger partial charge in [0, 0.05) is 31.5 Å². The molecule has 1 saturated heterocycles. The average molecular weight is 268 g/mol. The van der Waals surface area contributed by atoms with E-state index in [1.54, 1.807) is 18.5 Å². The molecule has 2 heterocycles. The Balaban J connectivity index is 0.00000120. The minimum atomic E-state index is 0. The molecule has 98 valence electrons. The molecular formula is C13H18ClN3O. The van der Waals surface area contributed by atoms with E-state index in [2.05, 4.69) is 4.98 Å². The van der Waals surface area contributed by atoms with Gasteiger partial charge in [0.15, 0.2) is 0 Å². The number of nitrogens with two attached hydrogens (primary N) is 1. The predicted molar refractivity (Wildman–Crippen MR) is 71.6 cm³/mol. The van der Waals surface area contributed by atoms with Crippen LogP contribution >= 0.6 is 12.4 Å². The summed E-state index contributed by atoms with van der Waals surface area (Å²) in [5.41, 5.74) is 6.75. The van der Waals surface area contributed by atoms with Crippen molar-refractivity contribution in [3.8, 4) is 0 Å². The van der Waals surface area contributed by atoms with Gasteiger partial charge in [0.2, 0.25) is 0 Å². The molecular weight excluding hydrogens is 250 g/mol. The van der Waals surface area contributed by atoms with E-state index in [-0.39, 0.29) is 24.4 Å². The highest BCUT2D eigenvalue weighted by atomic mass is 35.5. The van der Waals surface area contributed by atoms with Crippen LogP contribution in [0, 0.1) is 11.8 Å². The first-order chi connectivity index (χ1) is 8.25. The predicted octanol–water partition coefficient (Wildman–Crippen LogP) is 1.31. The van der Waals surface area contributed by atoms with Gasteiger partial charge in [-0.25, -0.2) is 0 Å². The number of carbonyl (C=O) groups excluding carboxylic acids is 1. The number of carbonyl (C=O) groups is 1. The van der Waals surface area contributed by atoms with Gasteiger partial charge < -0.3 is 10.6 Å². The number of hydrogen-bond acceptors (Lipinski definition) is 3. The molecule has 4 nitrogen and oxygen atoms in total. The molecule has 1 amide bonds. The summed E-state index contributed by atoms with van der Waals surface area (Å²) in [4.78, 5) is 18.2. The van der Waals surface area contributed by atoms with E-state index in [1.807, 2.05) is 11.0 Å². The normalized spacial score (nSPS) is 29.8. The van der Waals surface area contributed by atoms with Crippen LogP contribution in [-0.2, 0) is 0 Å². The van der Waals surface area contributed by atoms with E-state index in [0.717, 1.165) is 19.5 Å². The SMILES string of the molecule is Cl.NC1CCC2CN(C(=O)c3cccnc3)CC12. The molecule has 2 aliphatic rings. The summed E-state index contributed by atoms with van der Waals surface area (Å²) in [6, 6.07) is 3.91. The van der Waals surface area contributed by atoms with Gasteiger partial charge in [0.1, 0.15) is 0 Å². The van der Waals surface area contributed by atoms with Gasteiger partial charge in [-0.15, -0.1) is 12.4 Å². The average Bonchev–Trinajstić information content (AvgIpc) is 2.92.